The molecule has 0 aromatic heterocycles. The number of hydrogen-bond donors (Lipinski definition) is 0. The van der Waals surface area contributed by atoms with Gasteiger partial charge >= 0.3 is 5.97 Å². The van der Waals surface area contributed by atoms with Gasteiger partial charge in [-0.3, -0.25) is 9.59 Å². The zero-order chi connectivity index (χ0) is 19.3. The molecule has 1 aromatic rings. The first-order chi connectivity index (χ1) is 12.3. The van der Waals surface area contributed by atoms with E-state index < -0.39 is 0 Å². The van der Waals surface area contributed by atoms with Gasteiger partial charge in [0.15, 0.2) is 6.61 Å². The molecule has 0 saturated heterocycles. The van der Waals surface area contributed by atoms with Crippen LogP contribution in [0.4, 0.5) is 0 Å². The Balaban J connectivity index is 1.91. The molecule has 1 fully saturated rings. The molecule has 0 amide bonds. The maximum Gasteiger partial charge on any atom is 0.309 e. The second-order valence-electron chi connectivity index (χ2n) is 8.01. The first kappa shape index (κ1) is 20.3. The van der Waals surface area contributed by atoms with Gasteiger partial charge < -0.3 is 14.2 Å². The largest absolute Gasteiger partial charge is 0.497 e. The molecule has 0 bridgehead atoms. The Morgan fingerprint density at radius 3 is 2.23 bits per heavy atom. The molecule has 1 aliphatic rings. The second kappa shape index (κ2) is 8.56. The molecule has 0 aliphatic heterocycles. The lowest BCUT2D eigenvalue weighted by molar-refractivity contribution is -0.149. The van der Waals surface area contributed by atoms with Crippen molar-refractivity contribution in [2.24, 2.45) is 17.3 Å². The summed E-state index contributed by atoms with van der Waals surface area (Å²) in [5.41, 5.74) is 0.629. The SMILES string of the molecule is COc1ccc(OC)c(C(=O)COC(=O)C2CCC(C(C)(C)C)CC2)c1. The van der Waals surface area contributed by atoms with Crippen LogP contribution in [0.1, 0.15) is 56.8 Å². The van der Waals surface area contributed by atoms with Crippen molar-refractivity contribution < 1.29 is 23.8 Å². The first-order valence-corrected chi connectivity index (χ1v) is 9.18. The van der Waals surface area contributed by atoms with Crippen LogP contribution in [0, 0.1) is 17.3 Å². The Morgan fingerprint density at radius 2 is 1.69 bits per heavy atom. The number of esters is 1. The third kappa shape index (κ3) is 4.99. The van der Waals surface area contributed by atoms with E-state index in [9.17, 15) is 9.59 Å². The number of ether oxygens (including phenoxy) is 3. The van der Waals surface area contributed by atoms with Crippen molar-refractivity contribution in [1.82, 2.24) is 0 Å². The van der Waals surface area contributed by atoms with E-state index in [-0.39, 0.29) is 29.7 Å². The van der Waals surface area contributed by atoms with E-state index in [0.717, 1.165) is 25.7 Å². The van der Waals surface area contributed by atoms with Gasteiger partial charge in [0.05, 0.1) is 25.7 Å². The van der Waals surface area contributed by atoms with Crippen LogP contribution in [0.25, 0.3) is 0 Å². The zero-order valence-corrected chi connectivity index (χ0v) is 16.5. The maximum atomic E-state index is 12.5. The highest BCUT2D eigenvalue weighted by atomic mass is 16.5. The molecule has 5 heteroatoms. The van der Waals surface area contributed by atoms with E-state index in [1.165, 1.54) is 14.2 Å². The van der Waals surface area contributed by atoms with Crippen molar-refractivity contribution in [2.45, 2.75) is 46.5 Å². The number of benzene rings is 1. The van der Waals surface area contributed by atoms with Crippen LogP contribution >= 0.6 is 0 Å². The third-order valence-electron chi connectivity index (χ3n) is 5.34. The maximum absolute atomic E-state index is 12.5. The predicted molar refractivity (Wildman–Crippen MR) is 99.7 cm³/mol. The van der Waals surface area contributed by atoms with Gasteiger partial charge in [-0.2, -0.15) is 0 Å². The molecule has 144 valence electrons. The van der Waals surface area contributed by atoms with Crippen molar-refractivity contribution in [2.75, 3.05) is 20.8 Å². The minimum absolute atomic E-state index is 0.103. The summed E-state index contributed by atoms with van der Waals surface area (Å²) in [5.74, 6) is 0.964. The summed E-state index contributed by atoms with van der Waals surface area (Å²) in [4.78, 5) is 24.8. The topological polar surface area (TPSA) is 61.8 Å². The number of rotatable bonds is 6. The van der Waals surface area contributed by atoms with Crippen molar-refractivity contribution in [1.29, 1.82) is 0 Å². The van der Waals surface area contributed by atoms with Gasteiger partial charge in [-0.1, -0.05) is 20.8 Å². The summed E-state index contributed by atoms with van der Waals surface area (Å²) >= 11 is 0. The Kier molecular flexibility index (Phi) is 6.68. The Morgan fingerprint density at radius 1 is 1.04 bits per heavy atom. The van der Waals surface area contributed by atoms with Gasteiger partial charge in [0.2, 0.25) is 5.78 Å². The highest BCUT2D eigenvalue weighted by Gasteiger charge is 2.33. The van der Waals surface area contributed by atoms with Crippen molar-refractivity contribution in [3.05, 3.63) is 23.8 Å². The Labute approximate surface area is 156 Å². The molecule has 0 unspecified atom stereocenters. The normalized spacial score (nSPS) is 20.3. The molecule has 5 nitrogen and oxygen atoms in total. The smallest absolute Gasteiger partial charge is 0.309 e. The molecule has 0 spiro atoms. The predicted octanol–water partition coefficient (Wildman–Crippen LogP) is 4.28. The molecule has 0 atom stereocenters. The molecule has 0 heterocycles. The lowest BCUT2D eigenvalue weighted by Gasteiger charge is -2.36. The molecule has 26 heavy (non-hydrogen) atoms. The third-order valence-corrected chi connectivity index (χ3v) is 5.34. The summed E-state index contributed by atoms with van der Waals surface area (Å²) in [6, 6.07) is 4.99. The van der Waals surface area contributed by atoms with E-state index in [1.807, 2.05) is 0 Å². The lowest BCUT2D eigenvalue weighted by Crippen LogP contribution is -2.30. The van der Waals surface area contributed by atoms with Crippen LogP contribution in [-0.2, 0) is 9.53 Å². The fourth-order valence-corrected chi connectivity index (χ4v) is 3.56. The van der Waals surface area contributed by atoms with Crippen molar-refractivity contribution in [3.8, 4) is 11.5 Å². The fraction of sp³-hybridized carbons (Fsp3) is 0.619. The van der Waals surface area contributed by atoms with Gasteiger partial charge in [-0.15, -0.1) is 0 Å². The van der Waals surface area contributed by atoms with Crippen LogP contribution in [0.3, 0.4) is 0 Å². The number of carbonyl (C=O) groups excluding carboxylic acids is 2. The van der Waals surface area contributed by atoms with Crippen LogP contribution in [0.2, 0.25) is 0 Å². The van der Waals surface area contributed by atoms with E-state index >= 15 is 0 Å². The van der Waals surface area contributed by atoms with Gasteiger partial charge in [0, 0.05) is 0 Å². The summed E-state index contributed by atoms with van der Waals surface area (Å²) in [6.45, 7) is 6.46. The molecule has 1 saturated carbocycles. The molecule has 1 aromatic carbocycles. The summed E-state index contributed by atoms with van der Waals surface area (Å²) in [6.07, 6.45) is 3.72. The average molecular weight is 362 g/mol. The number of carbonyl (C=O) groups is 2. The van der Waals surface area contributed by atoms with Crippen LogP contribution in [0.15, 0.2) is 18.2 Å². The minimum Gasteiger partial charge on any atom is -0.497 e. The molecule has 0 N–H and O–H groups in total. The number of hydrogen-bond acceptors (Lipinski definition) is 5. The van der Waals surface area contributed by atoms with Crippen molar-refractivity contribution >= 4 is 11.8 Å². The standard InChI is InChI=1S/C21H30O5/c1-21(2,3)15-8-6-14(7-9-15)20(23)26-13-18(22)17-12-16(24-4)10-11-19(17)25-5/h10-12,14-15H,6-9,13H2,1-5H3. The Bertz CT molecular complexity index is 636. The second-order valence-corrected chi connectivity index (χ2v) is 8.01. The number of Topliss-reactive ketones (excluding diaryl/α,β-unsaturated/α-hetero) is 1. The van der Waals surface area contributed by atoms with E-state index in [2.05, 4.69) is 20.8 Å². The quantitative estimate of drug-likeness (QED) is 0.558. The molecular formula is C21H30O5. The lowest BCUT2D eigenvalue weighted by atomic mass is 9.70. The molecule has 1 aliphatic carbocycles. The molecule has 2 rings (SSSR count). The monoisotopic (exact) mass is 362 g/mol. The molecular weight excluding hydrogens is 332 g/mol. The van der Waals surface area contributed by atoms with Gasteiger partial charge in [0.25, 0.3) is 0 Å². The van der Waals surface area contributed by atoms with E-state index in [0.29, 0.717) is 23.0 Å². The highest BCUT2D eigenvalue weighted by Crippen LogP contribution is 2.40. The first-order valence-electron chi connectivity index (χ1n) is 9.18. The molecule has 0 radical (unpaired) electrons. The van der Waals surface area contributed by atoms with Crippen LogP contribution in [0.5, 0.6) is 11.5 Å². The number of ketones is 1. The van der Waals surface area contributed by atoms with Gasteiger partial charge in [-0.05, 0) is 55.2 Å². The summed E-state index contributed by atoms with van der Waals surface area (Å²) in [5, 5.41) is 0. The van der Waals surface area contributed by atoms with Gasteiger partial charge in [-0.25, -0.2) is 0 Å². The summed E-state index contributed by atoms with van der Waals surface area (Å²) < 4.78 is 15.7. The number of methoxy groups -OCH3 is 2. The van der Waals surface area contributed by atoms with Crippen LogP contribution < -0.4 is 9.47 Å². The van der Waals surface area contributed by atoms with Gasteiger partial charge in [0.1, 0.15) is 11.5 Å². The minimum atomic E-state index is -0.294. The highest BCUT2D eigenvalue weighted by molar-refractivity contribution is 6.00. The average Bonchev–Trinajstić information content (AvgIpc) is 2.64. The van der Waals surface area contributed by atoms with Crippen LogP contribution in [-0.4, -0.2) is 32.6 Å². The van der Waals surface area contributed by atoms with E-state index in [4.69, 9.17) is 14.2 Å². The fourth-order valence-electron chi connectivity index (χ4n) is 3.56. The van der Waals surface area contributed by atoms with Crippen molar-refractivity contribution in [3.63, 3.8) is 0 Å². The Hall–Kier alpha value is -2.04. The summed E-state index contributed by atoms with van der Waals surface area (Å²) in [7, 11) is 3.03. The zero-order valence-electron chi connectivity index (χ0n) is 16.5. The van der Waals surface area contributed by atoms with E-state index in [1.54, 1.807) is 18.2 Å².